The Labute approximate surface area is 192 Å². The molecule has 0 fully saturated rings. The number of nitrogens with zero attached hydrogens (tertiary/aromatic N) is 3. The molecule has 4 rings (SSSR count). The van der Waals surface area contributed by atoms with Crippen molar-refractivity contribution < 1.29 is 19.1 Å². The van der Waals surface area contributed by atoms with Crippen molar-refractivity contribution in [2.75, 3.05) is 12.4 Å². The van der Waals surface area contributed by atoms with Crippen molar-refractivity contribution in [2.24, 2.45) is 7.05 Å². The van der Waals surface area contributed by atoms with Crippen LogP contribution < -0.4 is 5.32 Å². The maximum absolute atomic E-state index is 12.5. The van der Waals surface area contributed by atoms with Crippen LogP contribution in [0.15, 0.2) is 42.5 Å². The van der Waals surface area contributed by atoms with Crippen LogP contribution in [0.4, 0.5) is 10.5 Å². The summed E-state index contributed by atoms with van der Waals surface area (Å²) in [6, 6.07) is 13.5. The summed E-state index contributed by atoms with van der Waals surface area (Å²) in [7, 11) is 3.21. The molecular weight excluding hydrogens is 420 g/mol. The first-order chi connectivity index (χ1) is 15.6. The number of ether oxygens (including phenoxy) is 2. The van der Waals surface area contributed by atoms with Crippen molar-refractivity contribution in [3.05, 3.63) is 48.0 Å². The van der Waals surface area contributed by atoms with Gasteiger partial charge < -0.3 is 18.6 Å². The fourth-order valence-corrected chi connectivity index (χ4v) is 4.06. The lowest BCUT2D eigenvalue weighted by atomic mass is 10.1. The Kier molecular flexibility index (Phi) is 5.61. The topological polar surface area (TPSA) is 87.4 Å². The average Bonchev–Trinajstić information content (AvgIpc) is 3.28. The number of benzene rings is 2. The third-order valence-corrected chi connectivity index (χ3v) is 5.38. The van der Waals surface area contributed by atoms with Gasteiger partial charge in [-0.3, -0.25) is 5.32 Å². The van der Waals surface area contributed by atoms with E-state index in [-0.39, 0.29) is 5.56 Å². The van der Waals surface area contributed by atoms with Gasteiger partial charge in [0, 0.05) is 24.5 Å². The monoisotopic (exact) mass is 448 g/mol. The number of carbonyl (C=O) groups is 2. The molecule has 0 radical (unpaired) electrons. The molecule has 0 unspecified atom stereocenters. The zero-order valence-electron chi connectivity index (χ0n) is 19.7. The number of hydrogen-bond donors (Lipinski definition) is 1. The van der Waals surface area contributed by atoms with E-state index in [4.69, 9.17) is 14.5 Å². The highest BCUT2D eigenvalue weighted by molar-refractivity contribution is 6.04. The summed E-state index contributed by atoms with van der Waals surface area (Å²) in [4.78, 5) is 29.7. The van der Waals surface area contributed by atoms with Crippen LogP contribution in [-0.4, -0.2) is 38.9 Å². The molecule has 1 amide bonds. The van der Waals surface area contributed by atoms with Crippen LogP contribution in [-0.2, 0) is 23.1 Å². The molecule has 1 N–H and O–H groups in total. The van der Waals surface area contributed by atoms with Crippen LogP contribution in [0.3, 0.4) is 0 Å². The lowest BCUT2D eigenvalue weighted by Gasteiger charge is -2.20. The van der Waals surface area contributed by atoms with E-state index >= 15 is 0 Å². The van der Waals surface area contributed by atoms with Gasteiger partial charge in [-0.25, -0.2) is 14.6 Å². The maximum Gasteiger partial charge on any atom is 0.412 e. The average molecular weight is 449 g/mol. The van der Waals surface area contributed by atoms with Crippen LogP contribution in [0.5, 0.6) is 0 Å². The minimum Gasteiger partial charge on any atom is -0.465 e. The van der Waals surface area contributed by atoms with Crippen LogP contribution >= 0.6 is 0 Å². The molecule has 0 saturated heterocycles. The van der Waals surface area contributed by atoms with Crippen LogP contribution in [0.2, 0.25) is 0 Å². The van der Waals surface area contributed by atoms with E-state index in [1.165, 1.54) is 7.11 Å². The molecule has 0 aliphatic heterocycles. The number of aryl methyl sites for hydroxylation is 2. The van der Waals surface area contributed by atoms with Gasteiger partial charge in [0.25, 0.3) is 0 Å². The molecule has 0 saturated carbocycles. The second-order valence-corrected chi connectivity index (χ2v) is 8.84. The smallest absolute Gasteiger partial charge is 0.412 e. The fourth-order valence-electron chi connectivity index (χ4n) is 4.06. The number of hydrogen-bond acceptors (Lipinski definition) is 5. The lowest BCUT2D eigenvalue weighted by Crippen LogP contribution is -2.27. The normalized spacial score (nSPS) is 11.7. The van der Waals surface area contributed by atoms with E-state index in [0.29, 0.717) is 16.7 Å². The van der Waals surface area contributed by atoms with Gasteiger partial charge in [0.15, 0.2) is 5.82 Å². The summed E-state index contributed by atoms with van der Waals surface area (Å²) < 4.78 is 14.4. The molecule has 2 aromatic carbocycles. The van der Waals surface area contributed by atoms with Crippen molar-refractivity contribution in [2.45, 2.75) is 39.8 Å². The molecule has 8 nitrogen and oxygen atoms in total. The Morgan fingerprint density at radius 2 is 1.85 bits per heavy atom. The van der Waals surface area contributed by atoms with Gasteiger partial charge in [0.1, 0.15) is 5.60 Å². The minimum atomic E-state index is -0.664. The fraction of sp³-hybridized carbons (Fsp3) is 0.320. The summed E-state index contributed by atoms with van der Waals surface area (Å²) in [5.74, 6) is 0.205. The number of para-hydroxylation sites is 1. The van der Waals surface area contributed by atoms with Crippen LogP contribution in [0.25, 0.3) is 33.5 Å². The van der Waals surface area contributed by atoms with Gasteiger partial charge in [0.2, 0.25) is 0 Å². The van der Waals surface area contributed by atoms with Gasteiger partial charge in [-0.1, -0.05) is 18.2 Å². The number of anilines is 1. The van der Waals surface area contributed by atoms with Gasteiger partial charge in [-0.2, -0.15) is 0 Å². The highest BCUT2D eigenvalue weighted by atomic mass is 16.6. The zero-order chi connectivity index (χ0) is 23.9. The molecule has 0 aliphatic carbocycles. The second kappa shape index (κ2) is 8.27. The molecule has 172 valence electrons. The number of nitrogens with one attached hydrogen (secondary N) is 1. The first-order valence-electron chi connectivity index (χ1n) is 10.8. The van der Waals surface area contributed by atoms with Crippen molar-refractivity contribution >= 4 is 39.7 Å². The van der Waals surface area contributed by atoms with Crippen molar-refractivity contribution in [1.82, 2.24) is 14.1 Å². The summed E-state index contributed by atoms with van der Waals surface area (Å²) in [6.07, 6.45) is -0.615. The predicted octanol–water partition coefficient (Wildman–Crippen LogP) is 5.35. The Morgan fingerprint density at radius 3 is 2.52 bits per heavy atom. The van der Waals surface area contributed by atoms with Crippen molar-refractivity contribution in [1.29, 1.82) is 0 Å². The number of esters is 1. The van der Waals surface area contributed by atoms with E-state index in [2.05, 4.69) is 35.0 Å². The van der Waals surface area contributed by atoms with Crippen molar-refractivity contribution in [3.63, 3.8) is 0 Å². The Balaban J connectivity index is 1.92. The summed E-state index contributed by atoms with van der Waals surface area (Å²) in [5, 5.41) is 3.90. The molecule has 8 heteroatoms. The first-order valence-corrected chi connectivity index (χ1v) is 10.8. The van der Waals surface area contributed by atoms with Gasteiger partial charge in [0.05, 0.1) is 35.1 Å². The number of carbonyl (C=O) groups excluding carboxylic acids is 2. The van der Waals surface area contributed by atoms with Gasteiger partial charge in [-0.05, 0) is 52.0 Å². The molecular formula is C25H28N4O4. The minimum absolute atomic E-state index is 0.289. The number of fused-ring (bicyclic) bond motifs is 2. The highest BCUT2D eigenvalue weighted by Crippen LogP contribution is 2.33. The lowest BCUT2D eigenvalue weighted by molar-refractivity contribution is 0.0596. The first kappa shape index (κ1) is 22.4. The van der Waals surface area contributed by atoms with Crippen molar-refractivity contribution in [3.8, 4) is 11.5 Å². The standard InChI is InChI=1S/C25H28N4O4/c1-7-29-19-11-9-8-10-15(19)14-20(29)22-26-17-12-16(23(30)32-6)13-18(21(17)28(22)5)27-24(31)33-25(2,3)4/h8-14H,7H2,1-6H3,(H,27,31). The Bertz CT molecular complexity index is 1370. The van der Waals surface area contributed by atoms with E-state index in [1.807, 2.05) is 23.7 Å². The Morgan fingerprint density at radius 1 is 1.12 bits per heavy atom. The highest BCUT2D eigenvalue weighted by Gasteiger charge is 2.23. The zero-order valence-corrected chi connectivity index (χ0v) is 19.7. The molecule has 4 aromatic rings. The molecule has 2 heterocycles. The molecule has 0 bridgehead atoms. The van der Waals surface area contributed by atoms with Gasteiger partial charge >= 0.3 is 12.1 Å². The largest absolute Gasteiger partial charge is 0.465 e. The number of aromatic nitrogens is 3. The number of imidazole rings is 1. The molecule has 0 atom stereocenters. The van der Waals surface area contributed by atoms with E-state index < -0.39 is 17.7 Å². The quantitative estimate of drug-likeness (QED) is 0.425. The third kappa shape index (κ3) is 4.16. The number of amides is 1. The molecule has 0 spiro atoms. The SMILES string of the molecule is CCn1c(-c2nc3cc(C(=O)OC)cc(NC(=O)OC(C)(C)C)c3n2C)cc2ccccc21. The van der Waals surface area contributed by atoms with E-state index in [9.17, 15) is 9.59 Å². The van der Waals surface area contributed by atoms with E-state index in [0.717, 1.165) is 29.0 Å². The van der Waals surface area contributed by atoms with E-state index in [1.54, 1.807) is 32.9 Å². The Hall–Kier alpha value is -3.81. The third-order valence-electron chi connectivity index (χ3n) is 5.38. The molecule has 0 aliphatic rings. The summed E-state index contributed by atoms with van der Waals surface area (Å²) in [5.41, 5.74) is 3.35. The number of rotatable bonds is 4. The summed E-state index contributed by atoms with van der Waals surface area (Å²) in [6.45, 7) is 8.22. The maximum atomic E-state index is 12.5. The predicted molar refractivity (Wildman–Crippen MR) is 129 cm³/mol. The second-order valence-electron chi connectivity index (χ2n) is 8.84. The number of methoxy groups -OCH3 is 1. The molecule has 33 heavy (non-hydrogen) atoms. The summed E-state index contributed by atoms with van der Waals surface area (Å²) >= 11 is 0. The van der Waals surface area contributed by atoms with Crippen LogP contribution in [0.1, 0.15) is 38.1 Å². The van der Waals surface area contributed by atoms with Gasteiger partial charge in [-0.15, -0.1) is 0 Å². The van der Waals surface area contributed by atoms with Crippen LogP contribution in [0, 0.1) is 0 Å². The molecule has 2 aromatic heterocycles.